The van der Waals surface area contributed by atoms with Crippen molar-refractivity contribution >= 4 is 23.5 Å². The lowest BCUT2D eigenvalue weighted by Gasteiger charge is -2.34. The molecule has 14 heteroatoms. The third kappa shape index (κ3) is 6.98. The first-order chi connectivity index (χ1) is 22.0. The molecule has 2 aromatic carbocycles. The predicted molar refractivity (Wildman–Crippen MR) is 164 cm³/mol. The molecule has 2 aliphatic rings. The van der Waals surface area contributed by atoms with Gasteiger partial charge in [-0.25, -0.2) is 13.8 Å². The normalized spacial score (nSPS) is 21.3. The van der Waals surface area contributed by atoms with Gasteiger partial charge in [0, 0.05) is 68.9 Å². The Kier molecular flexibility index (Phi) is 9.39. The van der Waals surface area contributed by atoms with Gasteiger partial charge in [-0.1, -0.05) is 12.1 Å². The summed E-state index contributed by atoms with van der Waals surface area (Å²) in [6.07, 6.45) is -1.00. The lowest BCUT2D eigenvalue weighted by molar-refractivity contribution is -0.142. The zero-order valence-electron chi connectivity index (χ0n) is 26.6. The van der Waals surface area contributed by atoms with Crippen molar-refractivity contribution in [2.75, 3.05) is 43.5 Å². The maximum absolute atomic E-state index is 15.1. The Morgan fingerprint density at radius 3 is 2.38 bits per heavy atom. The topological polar surface area (TPSA) is 99.9 Å². The predicted octanol–water partition coefficient (Wildman–Crippen LogP) is 5.75. The molecule has 2 aliphatic heterocycles. The third-order valence-electron chi connectivity index (χ3n) is 9.31. The average Bonchev–Trinajstić information content (AvgIpc) is 3.62. The molecule has 2 saturated heterocycles. The standard InChI is InChI=1S/C33H38F5N5O4/c1-31(2,3)43-18-25(24-8-7-23(34)16-26(24)35)32(19-43,47-4)29(46)40-30-39-11-14-42(30)17-21-5-6-22(33(36,37)38)15-27(21)41-12-9-20(10-13-41)28(44)45/h5-8,11,14-16,20,25H,9-10,12-13,17-19H2,1-4H3,(H,44,45)(H,39,40,46). The summed E-state index contributed by atoms with van der Waals surface area (Å²) < 4.78 is 77.6. The Labute approximate surface area is 269 Å². The van der Waals surface area contributed by atoms with Gasteiger partial charge in [0.2, 0.25) is 5.95 Å². The van der Waals surface area contributed by atoms with Crippen LogP contribution in [0, 0.1) is 17.6 Å². The van der Waals surface area contributed by atoms with E-state index in [1.54, 1.807) is 15.7 Å². The Bertz CT molecular complexity index is 1630. The van der Waals surface area contributed by atoms with Gasteiger partial charge in [0.15, 0.2) is 5.60 Å². The molecule has 0 bridgehead atoms. The minimum absolute atomic E-state index is 0.0338. The van der Waals surface area contributed by atoms with Crippen LogP contribution in [0.5, 0.6) is 0 Å². The number of nitrogens with one attached hydrogen (secondary N) is 1. The molecule has 47 heavy (non-hydrogen) atoms. The Hall–Kier alpha value is -4.04. The third-order valence-corrected chi connectivity index (χ3v) is 9.31. The fourth-order valence-electron chi connectivity index (χ4n) is 6.49. The highest BCUT2D eigenvalue weighted by Gasteiger charge is 2.56. The van der Waals surface area contributed by atoms with Crippen LogP contribution in [0.4, 0.5) is 33.6 Å². The van der Waals surface area contributed by atoms with Crippen molar-refractivity contribution in [1.29, 1.82) is 0 Å². The van der Waals surface area contributed by atoms with Crippen LogP contribution in [0.1, 0.15) is 56.2 Å². The minimum Gasteiger partial charge on any atom is -0.481 e. The fourth-order valence-corrected chi connectivity index (χ4v) is 6.49. The number of aromatic nitrogens is 2. The number of benzene rings is 2. The molecule has 0 radical (unpaired) electrons. The molecule has 5 rings (SSSR count). The van der Waals surface area contributed by atoms with Crippen molar-refractivity contribution < 1.29 is 41.4 Å². The van der Waals surface area contributed by atoms with E-state index in [1.807, 2.05) is 25.7 Å². The summed E-state index contributed by atoms with van der Waals surface area (Å²) in [4.78, 5) is 33.7. The van der Waals surface area contributed by atoms with Gasteiger partial charge in [-0.3, -0.25) is 19.8 Å². The van der Waals surface area contributed by atoms with Gasteiger partial charge in [-0.15, -0.1) is 0 Å². The van der Waals surface area contributed by atoms with Gasteiger partial charge in [0.1, 0.15) is 11.6 Å². The molecule has 0 aliphatic carbocycles. The second kappa shape index (κ2) is 12.9. The van der Waals surface area contributed by atoms with Gasteiger partial charge < -0.3 is 19.3 Å². The molecule has 3 heterocycles. The number of methoxy groups -OCH3 is 1. The number of hydrogen-bond donors (Lipinski definition) is 2. The molecule has 9 nitrogen and oxygen atoms in total. The molecule has 1 amide bonds. The van der Waals surface area contributed by atoms with E-state index in [9.17, 15) is 32.3 Å². The quantitative estimate of drug-likeness (QED) is 0.296. The molecule has 3 aromatic rings. The lowest BCUT2D eigenvalue weighted by Crippen LogP contribution is -2.52. The highest BCUT2D eigenvalue weighted by Crippen LogP contribution is 2.43. The molecule has 2 unspecified atom stereocenters. The maximum atomic E-state index is 15.1. The van der Waals surface area contributed by atoms with Crippen LogP contribution in [0.15, 0.2) is 48.8 Å². The van der Waals surface area contributed by atoms with E-state index in [4.69, 9.17) is 4.74 Å². The van der Waals surface area contributed by atoms with E-state index in [-0.39, 0.29) is 57.1 Å². The number of likely N-dealkylation sites (tertiary alicyclic amines) is 1. The molecule has 2 atom stereocenters. The number of ether oxygens (including phenoxy) is 1. The summed E-state index contributed by atoms with van der Waals surface area (Å²) in [6.45, 7) is 6.76. The number of piperidine rings is 1. The number of imidazole rings is 1. The molecule has 1 aromatic heterocycles. The van der Waals surface area contributed by atoms with Crippen molar-refractivity contribution in [3.8, 4) is 0 Å². The van der Waals surface area contributed by atoms with Gasteiger partial charge >= 0.3 is 12.1 Å². The highest BCUT2D eigenvalue weighted by molar-refractivity contribution is 5.97. The first kappa shape index (κ1) is 34.3. The monoisotopic (exact) mass is 663 g/mol. The van der Waals surface area contributed by atoms with E-state index in [0.29, 0.717) is 11.3 Å². The van der Waals surface area contributed by atoms with Crippen LogP contribution < -0.4 is 10.2 Å². The van der Waals surface area contributed by atoms with Crippen LogP contribution >= 0.6 is 0 Å². The van der Waals surface area contributed by atoms with Gasteiger partial charge in [-0.2, -0.15) is 13.2 Å². The summed E-state index contributed by atoms with van der Waals surface area (Å²) in [5.41, 5.74) is -1.91. The van der Waals surface area contributed by atoms with Crippen molar-refractivity contribution in [3.05, 3.63) is 77.1 Å². The number of carbonyl (C=O) groups excluding carboxylic acids is 1. The first-order valence-corrected chi connectivity index (χ1v) is 15.3. The van der Waals surface area contributed by atoms with Crippen LogP contribution in [-0.2, 0) is 27.0 Å². The number of nitrogens with zero attached hydrogens (tertiary/aromatic N) is 4. The Morgan fingerprint density at radius 2 is 1.79 bits per heavy atom. The van der Waals surface area contributed by atoms with Crippen LogP contribution in [0.2, 0.25) is 0 Å². The van der Waals surface area contributed by atoms with Crippen LogP contribution in [0.25, 0.3) is 0 Å². The summed E-state index contributed by atoms with van der Waals surface area (Å²) in [6, 6.07) is 6.64. The second-order valence-corrected chi connectivity index (χ2v) is 13.1. The van der Waals surface area contributed by atoms with E-state index in [2.05, 4.69) is 10.3 Å². The second-order valence-electron chi connectivity index (χ2n) is 13.1. The number of anilines is 2. The number of halogens is 5. The maximum Gasteiger partial charge on any atom is 0.416 e. The summed E-state index contributed by atoms with van der Waals surface area (Å²) in [5.74, 6) is -4.39. The summed E-state index contributed by atoms with van der Waals surface area (Å²) >= 11 is 0. The summed E-state index contributed by atoms with van der Waals surface area (Å²) in [7, 11) is 1.36. The molecule has 2 N–H and O–H groups in total. The zero-order valence-corrected chi connectivity index (χ0v) is 26.6. The van der Waals surface area contributed by atoms with Crippen LogP contribution in [0.3, 0.4) is 0 Å². The fraction of sp³-hybridized carbons (Fsp3) is 0.485. The first-order valence-electron chi connectivity index (χ1n) is 15.3. The zero-order chi connectivity index (χ0) is 34.3. The molecule has 0 saturated carbocycles. The number of carboxylic acids is 1. The molecular formula is C33H38F5N5O4. The Balaban J connectivity index is 1.45. The van der Waals surface area contributed by atoms with E-state index < -0.39 is 58.2 Å². The van der Waals surface area contributed by atoms with Crippen molar-refractivity contribution in [2.24, 2.45) is 5.92 Å². The number of carboxylic acid groups (broad SMARTS) is 1. The molecule has 2 fully saturated rings. The van der Waals surface area contributed by atoms with Gasteiger partial charge in [0.05, 0.1) is 18.0 Å². The Morgan fingerprint density at radius 1 is 1.09 bits per heavy atom. The molecule has 0 spiro atoms. The number of rotatable bonds is 8. The van der Waals surface area contributed by atoms with Crippen molar-refractivity contribution in [3.63, 3.8) is 0 Å². The largest absolute Gasteiger partial charge is 0.481 e. The lowest BCUT2D eigenvalue weighted by atomic mass is 9.83. The average molecular weight is 664 g/mol. The number of hydrogen-bond acceptors (Lipinski definition) is 6. The summed E-state index contributed by atoms with van der Waals surface area (Å²) in [5, 5.41) is 12.2. The van der Waals surface area contributed by atoms with E-state index in [0.717, 1.165) is 24.3 Å². The van der Waals surface area contributed by atoms with Gasteiger partial charge in [0.25, 0.3) is 5.91 Å². The van der Waals surface area contributed by atoms with Crippen LogP contribution in [-0.4, -0.2) is 75.9 Å². The van der Waals surface area contributed by atoms with E-state index >= 15 is 4.39 Å². The van der Waals surface area contributed by atoms with Crippen molar-refractivity contribution in [1.82, 2.24) is 14.5 Å². The number of alkyl halides is 3. The SMILES string of the molecule is COC1(C(=O)Nc2nccn2Cc2ccc(C(F)(F)F)cc2N2CCC(C(=O)O)CC2)CN(C(C)(C)C)CC1c1ccc(F)cc1F. The van der Waals surface area contributed by atoms with Crippen molar-refractivity contribution in [2.45, 2.75) is 63.4 Å². The number of aliphatic carboxylic acids is 1. The number of amides is 1. The smallest absolute Gasteiger partial charge is 0.416 e. The molecular weight excluding hydrogens is 625 g/mol. The van der Waals surface area contributed by atoms with Gasteiger partial charge in [-0.05, 0) is 62.9 Å². The minimum atomic E-state index is -4.59. The van der Waals surface area contributed by atoms with E-state index in [1.165, 1.54) is 25.4 Å². The highest BCUT2D eigenvalue weighted by atomic mass is 19.4. The number of carbonyl (C=O) groups is 2. The molecule has 254 valence electrons.